The van der Waals surface area contributed by atoms with Crippen LogP contribution in [0.1, 0.15) is 22.3 Å². The first kappa shape index (κ1) is 22.1. The number of ketones is 1. The molecule has 1 aliphatic heterocycles. The molecular formula is C24H24N4O5. The molecule has 9 heteroatoms. The second-order valence-corrected chi connectivity index (χ2v) is 7.72. The first-order valence-corrected chi connectivity index (χ1v) is 10.5. The Labute approximate surface area is 190 Å². The summed E-state index contributed by atoms with van der Waals surface area (Å²) in [5, 5.41) is 7.09. The van der Waals surface area contributed by atoms with E-state index in [2.05, 4.69) is 10.4 Å². The van der Waals surface area contributed by atoms with E-state index >= 15 is 0 Å². The Morgan fingerprint density at radius 1 is 1.09 bits per heavy atom. The van der Waals surface area contributed by atoms with Crippen LogP contribution in [-0.2, 0) is 23.1 Å². The summed E-state index contributed by atoms with van der Waals surface area (Å²) >= 11 is 0. The van der Waals surface area contributed by atoms with E-state index in [-0.39, 0.29) is 12.0 Å². The number of fused-ring (bicyclic) bond motifs is 1. The fourth-order valence-electron chi connectivity index (χ4n) is 3.65. The topological polar surface area (TPSA) is 126 Å². The third kappa shape index (κ3) is 5.03. The average molecular weight is 448 g/mol. The van der Waals surface area contributed by atoms with Crippen LogP contribution in [0.5, 0.6) is 11.5 Å². The summed E-state index contributed by atoms with van der Waals surface area (Å²) < 4.78 is 12.9. The Hall–Kier alpha value is -4.14. The number of benzene rings is 2. The molecule has 3 N–H and O–H groups in total. The van der Waals surface area contributed by atoms with Gasteiger partial charge in [0.05, 0.1) is 18.8 Å². The summed E-state index contributed by atoms with van der Waals surface area (Å²) in [5.41, 5.74) is 7.33. The fraction of sp³-hybridized carbons (Fsp3) is 0.250. The van der Waals surface area contributed by atoms with Crippen molar-refractivity contribution in [3.05, 3.63) is 65.9 Å². The van der Waals surface area contributed by atoms with Crippen LogP contribution in [0.2, 0.25) is 0 Å². The number of amides is 2. The molecule has 1 atom stereocenters. The van der Waals surface area contributed by atoms with Crippen LogP contribution in [0.25, 0.3) is 11.3 Å². The minimum Gasteiger partial charge on any atom is -0.490 e. The van der Waals surface area contributed by atoms with Crippen LogP contribution in [-0.4, -0.2) is 46.6 Å². The molecule has 0 radical (unpaired) electrons. The van der Waals surface area contributed by atoms with Gasteiger partial charge in [0.15, 0.2) is 11.5 Å². The van der Waals surface area contributed by atoms with Gasteiger partial charge in [-0.2, -0.15) is 5.10 Å². The third-order valence-corrected chi connectivity index (χ3v) is 5.24. The zero-order chi connectivity index (χ0) is 23.4. The summed E-state index contributed by atoms with van der Waals surface area (Å²) in [6.07, 6.45) is 2.47. The number of rotatable bonds is 7. The number of ether oxygens (including phenoxy) is 2. The molecule has 1 aliphatic rings. The SMILES string of the molecule is Cn1cc(C(=O)NC(Cc2ccccc2)C(=O)C(N)=O)c(-c2ccc3c(c2)OCCCO3)n1. The van der Waals surface area contributed by atoms with Gasteiger partial charge >= 0.3 is 0 Å². The minimum atomic E-state index is -1.11. The van der Waals surface area contributed by atoms with E-state index in [4.69, 9.17) is 15.2 Å². The van der Waals surface area contributed by atoms with Crippen molar-refractivity contribution < 1.29 is 23.9 Å². The van der Waals surface area contributed by atoms with E-state index in [9.17, 15) is 14.4 Å². The molecule has 0 saturated heterocycles. The summed E-state index contributed by atoms with van der Waals surface area (Å²) in [5.74, 6) is -1.31. The number of nitrogens with one attached hydrogen (secondary N) is 1. The second kappa shape index (κ2) is 9.56. The Kier molecular flexibility index (Phi) is 6.39. The van der Waals surface area contributed by atoms with Gasteiger partial charge in [-0.15, -0.1) is 0 Å². The monoisotopic (exact) mass is 448 g/mol. The summed E-state index contributed by atoms with van der Waals surface area (Å²) in [6.45, 7) is 1.10. The Morgan fingerprint density at radius 3 is 2.55 bits per heavy atom. The lowest BCUT2D eigenvalue weighted by Crippen LogP contribution is -2.47. The highest BCUT2D eigenvalue weighted by Gasteiger charge is 2.28. The molecule has 2 heterocycles. The van der Waals surface area contributed by atoms with E-state index in [1.54, 1.807) is 43.6 Å². The lowest BCUT2D eigenvalue weighted by atomic mass is 10.0. The molecule has 9 nitrogen and oxygen atoms in total. The highest BCUT2D eigenvalue weighted by Crippen LogP contribution is 2.34. The highest BCUT2D eigenvalue weighted by molar-refractivity contribution is 6.38. The Morgan fingerprint density at radius 2 is 1.82 bits per heavy atom. The molecule has 0 spiro atoms. The van der Waals surface area contributed by atoms with Gasteiger partial charge < -0.3 is 20.5 Å². The maximum absolute atomic E-state index is 13.2. The van der Waals surface area contributed by atoms with Gasteiger partial charge in [0, 0.05) is 31.6 Å². The fourth-order valence-corrected chi connectivity index (χ4v) is 3.65. The van der Waals surface area contributed by atoms with Crippen LogP contribution in [0.15, 0.2) is 54.7 Å². The van der Waals surface area contributed by atoms with Gasteiger partial charge in [0.1, 0.15) is 11.7 Å². The number of aryl methyl sites for hydroxylation is 1. The molecule has 33 heavy (non-hydrogen) atoms. The molecule has 0 aliphatic carbocycles. The number of nitrogens with two attached hydrogens (primary N) is 1. The molecule has 3 aromatic rings. The lowest BCUT2D eigenvalue weighted by molar-refractivity contribution is -0.137. The van der Waals surface area contributed by atoms with Gasteiger partial charge in [0.2, 0.25) is 5.78 Å². The summed E-state index contributed by atoms with van der Waals surface area (Å²) in [6, 6.07) is 13.3. The van der Waals surface area contributed by atoms with Crippen molar-refractivity contribution in [1.82, 2.24) is 15.1 Å². The standard InChI is InChI=1S/C24H24N4O5/c1-28-14-17(21(27-28)16-8-9-19-20(13-16)33-11-5-10-32-19)24(31)26-18(22(29)23(25)30)12-15-6-3-2-4-7-15/h2-4,6-9,13-14,18H,5,10-12H2,1H3,(H2,25,30)(H,26,31). The van der Waals surface area contributed by atoms with Crippen molar-refractivity contribution in [3.63, 3.8) is 0 Å². The quantitative estimate of drug-likeness (QED) is 0.530. The summed E-state index contributed by atoms with van der Waals surface area (Å²) in [4.78, 5) is 37.2. The van der Waals surface area contributed by atoms with Gasteiger partial charge in [-0.1, -0.05) is 30.3 Å². The van der Waals surface area contributed by atoms with Gasteiger partial charge in [-0.25, -0.2) is 0 Å². The zero-order valence-corrected chi connectivity index (χ0v) is 18.1. The molecule has 0 saturated carbocycles. The van der Waals surface area contributed by atoms with Gasteiger partial charge in [0.25, 0.3) is 11.8 Å². The molecule has 2 amide bonds. The number of hydrogen-bond acceptors (Lipinski definition) is 6. The number of nitrogens with zero attached hydrogens (tertiary/aromatic N) is 2. The molecule has 1 aromatic heterocycles. The van der Waals surface area contributed by atoms with Crippen LogP contribution in [0, 0.1) is 0 Å². The van der Waals surface area contributed by atoms with E-state index in [0.717, 1.165) is 12.0 Å². The number of Topliss-reactive ketones (excluding diaryl/α,β-unsaturated/α-hetero) is 1. The predicted molar refractivity (Wildman–Crippen MR) is 120 cm³/mol. The van der Waals surface area contributed by atoms with Gasteiger partial charge in [-0.05, 0) is 23.8 Å². The third-order valence-electron chi connectivity index (χ3n) is 5.24. The van der Waals surface area contributed by atoms with Gasteiger partial charge in [-0.3, -0.25) is 19.1 Å². The van der Waals surface area contributed by atoms with Crippen LogP contribution >= 0.6 is 0 Å². The van der Waals surface area contributed by atoms with E-state index in [0.29, 0.717) is 36.0 Å². The van der Waals surface area contributed by atoms with Crippen LogP contribution in [0.3, 0.4) is 0 Å². The molecule has 0 fully saturated rings. The Balaban J connectivity index is 1.62. The number of aromatic nitrogens is 2. The average Bonchev–Trinajstić information content (AvgIpc) is 3.05. The number of carbonyl (C=O) groups excluding carboxylic acids is 3. The van der Waals surface area contributed by atoms with Crippen molar-refractivity contribution in [2.24, 2.45) is 12.8 Å². The van der Waals surface area contributed by atoms with Crippen molar-refractivity contribution in [3.8, 4) is 22.8 Å². The molecule has 2 aromatic carbocycles. The maximum atomic E-state index is 13.2. The van der Waals surface area contributed by atoms with Crippen LogP contribution < -0.4 is 20.5 Å². The zero-order valence-electron chi connectivity index (χ0n) is 18.1. The lowest BCUT2D eigenvalue weighted by Gasteiger charge is -2.16. The van der Waals surface area contributed by atoms with Crippen molar-refractivity contribution >= 4 is 17.6 Å². The van der Waals surface area contributed by atoms with E-state index in [1.165, 1.54) is 4.68 Å². The molecular weight excluding hydrogens is 424 g/mol. The normalized spacial score (nSPS) is 13.6. The summed E-state index contributed by atoms with van der Waals surface area (Å²) in [7, 11) is 1.69. The smallest absolute Gasteiger partial charge is 0.287 e. The number of primary amides is 1. The van der Waals surface area contributed by atoms with Crippen molar-refractivity contribution in [2.45, 2.75) is 18.9 Å². The predicted octanol–water partition coefficient (Wildman–Crippen LogP) is 1.64. The largest absolute Gasteiger partial charge is 0.490 e. The van der Waals surface area contributed by atoms with E-state index in [1.807, 2.05) is 18.2 Å². The van der Waals surface area contributed by atoms with Crippen molar-refractivity contribution in [1.29, 1.82) is 0 Å². The first-order valence-electron chi connectivity index (χ1n) is 10.5. The first-order chi connectivity index (χ1) is 15.9. The van der Waals surface area contributed by atoms with Crippen LogP contribution in [0.4, 0.5) is 0 Å². The number of carbonyl (C=O) groups is 3. The second-order valence-electron chi connectivity index (χ2n) is 7.72. The minimum absolute atomic E-state index is 0.133. The molecule has 1 unspecified atom stereocenters. The maximum Gasteiger partial charge on any atom is 0.287 e. The Bertz CT molecular complexity index is 1190. The molecule has 4 rings (SSSR count). The number of hydrogen-bond donors (Lipinski definition) is 2. The molecule has 170 valence electrons. The highest BCUT2D eigenvalue weighted by atomic mass is 16.5. The van der Waals surface area contributed by atoms with Crippen molar-refractivity contribution in [2.75, 3.05) is 13.2 Å². The van der Waals surface area contributed by atoms with E-state index < -0.39 is 23.6 Å². The molecule has 0 bridgehead atoms.